The molecule has 0 aliphatic heterocycles. The first-order valence-corrected chi connectivity index (χ1v) is 5.46. The van der Waals surface area contributed by atoms with Crippen molar-refractivity contribution >= 4 is 33.4 Å². The Balaban J connectivity index is 3.68. The number of hydrogen-bond donors (Lipinski definition) is 0. The molecule has 0 N–H and O–H groups in total. The van der Waals surface area contributed by atoms with Crippen molar-refractivity contribution < 1.29 is 0 Å². The number of alkyl halides is 2. The zero-order valence-electron chi connectivity index (χ0n) is 7.12. The third-order valence-electron chi connectivity index (χ3n) is 1.82. The van der Waals surface area contributed by atoms with E-state index in [1.807, 2.05) is 0 Å². The molecule has 10 heavy (non-hydrogen) atoms. The molecule has 0 aromatic rings. The highest BCUT2D eigenvalue weighted by atomic mass is 35.5. The maximum atomic E-state index is 5.90. The Kier molecular flexibility index (Phi) is 4.30. The molecule has 0 aromatic heterocycles. The lowest BCUT2D eigenvalue weighted by Crippen LogP contribution is -2.19. The van der Waals surface area contributed by atoms with E-state index >= 15 is 0 Å². The molecule has 3 heteroatoms. The highest BCUT2D eigenvalue weighted by Gasteiger charge is 2.21. The molecule has 0 saturated carbocycles. The summed E-state index contributed by atoms with van der Waals surface area (Å²) in [5.41, 5.74) is 0. The van der Waals surface area contributed by atoms with E-state index in [4.69, 9.17) is 23.2 Å². The normalized spacial score (nSPS) is 16.2. The minimum Gasteiger partial charge on any atom is -0.107 e. The second-order valence-electron chi connectivity index (χ2n) is 3.50. The number of rotatable bonds is 3. The van der Waals surface area contributed by atoms with Crippen molar-refractivity contribution in [1.82, 2.24) is 0 Å². The molecule has 1 unspecified atom stereocenters. The van der Waals surface area contributed by atoms with E-state index in [0.717, 1.165) is 16.7 Å². The standard InChI is InChI=1S/C7H16Cl2Si/c1-5(2)6(3)4-7(8,9)10/h5-6H,4H2,1-3,10H3. The lowest BCUT2D eigenvalue weighted by Gasteiger charge is -2.21. The summed E-state index contributed by atoms with van der Waals surface area (Å²) < 4.78 is -0.413. The first-order chi connectivity index (χ1) is 4.33. The van der Waals surface area contributed by atoms with E-state index in [2.05, 4.69) is 20.8 Å². The van der Waals surface area contributed by atoms with Crippen molar-refractivity contribution in [3.63, 3.8) is 0 Å². The van der Waals surface area contributed by atoms with E-state index in [-0.39, 0.29) is 0 Å². The van der Waals surface area contributed by atoms with Gasteiger partial charge in [-0.25, -0.2) is 0 Å². The van der Waals surface area contributed by atoms with Crippen LogP contribution < -0.4 is 0 Å². The van der Waals surface area contributed by atoms with Gasteiger partial charge >= 0.3 is 0 Å². The molecule has 0 spiro atoms. The van der Waals surface area contributed by atoms with Crippen LogP contribution in [0.5, 0.6) is 0 Å². The Bertz CT molecular complexity index is 96.3. The molecule has 0 bridgehead atoms. The maximum Gasteiger partial charge on any atom is 0.0975 e. The van der Waals surface area contributed by atoms with Crippen molar-refractivity contribution in [3.05, 3.63) is 0 Å². The van der Waals surface area contributed by atoms with Crippen LogP contribution in [0.1, 0.15) is 27.2 Å². The van der Waals surface area contributed by atoms with Crippen LogP contribution in [-0.2, 0) is 0 Å². The summed E-state index contributed by atoms with van der Waals surface area (Å²) in [6.45, 7) is 6.60. The largest absolute Gasteiger partial charge is 0.107 e. The third kappa shape index (κ3) is 5.57. The van der Waals surface area contributed by atoms with Crippen molar-refractivity contribution in [2.45, 2.75) is 31.1 Å². The molecule has 0 rings (SSSR count). The molecule has 0 saturated heterocycles. The summed E-state index contributed by atoms with van der Waals surface area (Å²) >= 11 is 11.8. The first-order valence-electron chi connectivity index (χ1n) is 3.71. The predicted octanol–water partition coefficient (Wildman–Crippen LogP) is 2.17. The summed E-state index contributed by atoms with van der Waals surface area (Å²) in [5, 5.41) is 0. The van der Waals surface area contributed by atoms with Crippen molar-refractivity contribution in [3.8, 4) is 0 Å². The number of halogens is 2. The first kappa shape index (κ1) is 10.8. The second-order valence-corrected chi connectivity index (χ2v) is 8.33. The highest BCUT2D eigenvalue weighted by molar-refractivity contribution is 6.65. The molecule has 0 aliphatic rings. The summed E-state index contributed by atoms with van der Waals surface area (Å²) in [4.78, 5) is 0. The molecule has 0 fully saturated rings. The van der Waals surface area contributed by atoms with Gasteiger partial charge < -0.3 is 0 Å². The Morgan fingerprint density at radius 2 is 1.70 bits per heavy atom. The summed E-state index contributed by atoms with van der Waals surface area (Å²) in [6.07, 6.45) is 0.931. The quantitative estimate of drug-likeness (QED) is 0.482. The monoisotopic (exact) mass is 198 g/mol. The zero-order valence-corrected chi connectivity index (χ0v) is 10.6. The summed E-state index contributed by atoms with van der Waals surface area (Å²) in [5.74, 6) is 1.32. The smallest absolute Gasteiger partial charge is 0.0975 e. The third-order valence-corrected chi connectivity index (χ3v) is 2.54. The molecule has 0 radical (unpaired) electrons. The highest BCUT2D eigenvalue weighted by Crippen LogP contribution is 2.28. The van der Waals surface area contributed by atoms with Crippen LogP contribution in [0.3, 0.4) is 0 Å². The molecule has 0 amide bonds. The molecule has 0 aromatic carbocycles. The van der Waals surface area contributed by atoms with Gasteiger partial charge in [-0.15, -0.1) is 23.2 Å². The minimum absolute atomic E-state index is 0.413. The van der Waals surface area contributed by atoms with Gasteiger partial charge in [0.25, 0.3) is 0 Å². The SMILES string of the molecule is CC(C)C(C)CC([SiH3])(Cl)Cl. The van der Waals surface area contributed by atoms with E-state index in [9.17, 15) is 0 Å². The fourth-order valence-corrected chi connectivity index (χ4v) is 1.93. The Labute approximate surface area is 76.7 Å². The summed E-state index contributed by atoms with van der Waals surface area (Å²) in [6, 6.07) is 0. The lowest BCUT2D eigenvalue weighted by atomic mass is 9.95. The number of hydrogen-bond acceptors (Lipinski definition) is 0. The van der Waals surface area contributed by atoms with Crippen LogP contribution >= 0.6 is 23.2 Å². The summed E-state index contributed by atoms with van der Waals surface area (Å²) in [7, 11) is 0.853. The Hall–Kier alpha value is 0.797. The van der Waals surface area contributed by atoms with E-state index < -0.39 is 3.96 Å². The van der Waals surface area contributed by atoms with Gasteiger partial charge in [0.15, 0.2) is 0 Å². The fourth-order valence-electron chi connectivity index (χ4n) is 0.801. The van der Waals surface area contributed by atoms with Crippen LogP contribution in [-0.4, -0.2) is 14.2 Å². The predicted molar refractivity (Wildman–Crippen MR) is 53.0 cm³/mol. The molecule has 0 aliphatic carbocycles. The van der Waals surface area contributed by atoms with Crippen LogP contribution in [0.15, 0.2) is 0 Å². The Morgan fingerprint density at radius 3 is 1.80 bits per heavy atom. The van der Waals surface area contributed by atoms with Crippen LogP contribution in [0.25, 0.3) is 0 Å². The van der Waals surface area contributed by atoms with Gasteiger partial charge in [-0.1, -0.05) is 20.8 Å². The molecule has 62 valence electrons. The topological polar surface area (TPSA) is 0 Å². The van der Waals surface area contributed by atoms with E-state index in [1.54, 1.807) is 0 Å². The van der Waals surface area contributed by atoms with Crippen LogP contribution in [0.2, 0.25) is 0 Å². The van der Waals surface area contributed by atoms with Crippen molar-refractivity contribution in [2.24, 2.45) is 11.8 Å². The van der Waals surface area contributed by atoms with Gasteiger partial charge in [-0.05, 0) is 18.3 Å². The zero-order chi connectivity index (χ0) is 8.36. The molecule has 0 heterocycles. The van der Waals surface area contributed by atoms with Crippen LogP contribution in [0.4, 0.5) is 0 Å². The van der Waals surface area contributed by atoms with Gasteiger partial charge in [0.1, 0.15) is 0 Å². The lowest BCUT2D eigenvalue weighted by molar-refractivity contribution is 0.396. The fraction of sp³-hybridized carbons (Fsp3) is 1.00. The second kappa shape index (κ2) is 3.98. The molecular weight excluding hydrogens is 183 g/mol. The molecular formula is C7H16Cl2Si. The maximum absolute atomic E-state index is 5.90. The van der Waals surface area contributed by atoms with Gasteiger partial charge in [0.2, 0.25) is 0 Å². The van der Waals surface area contributed by atoms with Gasteiger partial charge in [0.05, 0.1) is 3.96 Å². The average Bonchev–Trinajstić information content (AvgIpc) is 1.60. The molecule has 1 atom stereocenters. The van der Waals surface area contributed by atoms with Crippen LogP contribution in [0, 0.1) is 11.8 Å². The van der Waals surface area contributed by atoms with Gasteiger partial charge in [0, 0.05) is 10.2 Å². The Morgan fingerprint density at radius 1 is 1.30 bits per heavy atom. The molecule has 0 nitrogen and oxygen atoms in total. The minimum atomic E-state index is -0.413. The van der Waals surface area contributed by atoms with Gasteiger partial charge in [-0.3, -0.25) is 0 Å². The van der Waals surface area contributed by atoms with E-state index in [1.165, 1.54) is 0 Å². The van der Waals surface area contributed by atoms with Gasteiger partial charge in [-0.2, -0.15) is 0 Å². The van der Waals surface area contributed by atoms with Crippen molar-refractivity contribution in [2.75, 3.05) is 0 Å². The van der Waals surface area contributed by atoms with E-state index in [0.29, 0.717) is 11.8 Å². The van der Waals surface area contributed by atoms with Crippen molar-refractivity contribution in [1.29, 1.82) is 0 Å². The average molecular weight is 199 g/mol.